The summed E-state index contributed by atoms with van der Waals surface area (Å²) >= 11 is 6.85. The molecule has 2 aliphatic rings. The van der Waals surface area contributed by atoms with E-state index in [4.69, 9.17) is 40.0 Å². The van der Waals surface area contributed by atoms with Crippen LogP contribution in [0, 0.1) is 0 Å². The summed E-state index contributed by atoms with van der Waals surface area (Å²) < 4.78 is 38.7. The van der Waals surface area contributed by atoms with Crippen molar-refractivity contribution in [2.75, 3.05) is 20.3 Å². The zero-order chi connectivity index (χ0) is 36.0. The van der Waals surface area contributed by atoms with Gasteiger partial charge in [-0.2, -0.15) is 0 Å². The van der Waals surface area contributed by atoms with Crippen LogP contribution in [-0.2, 0) is 62.1 Å². The van der Waals surface area contributed by atoms with Gasteiger partial charge in [0.05, 0.1) is 33.0 Å². The number of fused-ring (bicyclic) bond motifs is 1. The van der Waals surface area contributed by atoms with Crippen LogP contribution in [0.3, 0.4) is 0 Å². The SMILES string of the molecule is COC1(c2ccc(Cl)c(Cc3ccc4c(c3)CCO4)c2)OC(O)(CO)C(OCc2ccccc2)C(OCc2ccccc2)C1OCc1ccccc1. The highest BCUT2D eigenvalue weighted by molar-refractivity contribution is 6.31. The van der Waals surface area contributed by atoms with Crippen LogP contribution in [0.25, 0.3) is 0 Å². The van der Waals surface area contributed by atoms with Crippen molar-refractivity contribution in [2.24, 2.45) is 0 Å². The molecule has 0 aliphatic carbocycles. The molecule has 270 valence electrons. The minimum absolute atomic E-state index is 0.116. The Balaban J connectivity index is 1.31. The molecule has 0 radical (unpaired) electrons. The van der Waals surface area contributed by atoms with Crippen LogP contribution in [-0.4, -0.2) is 54.6 Å². The maximum atomic E-state index is 12.3. The van der Waals surface area contributed by atoms with Crippen molar-refractivity contribution in [3.8, 4) is 5.75 Å². The molecule has 1 fully saturated rings. The van der Waals surface area contributed by atoms with Gasteiger partial charge in [-0.25, -0.2) is 0 Å². The summed E-state index contributed by atoms with van der Waals surface area (Å²) in [7, 11) is 1.49. The largest absolute Gasteiger partial charge is 0.493 e. The van der Waals surface area contributed by atoms with Crippen molar-refractivity contribution in [3.63, 3.8) is 0 Å². The second-order valence-electron chi connectivity index (χ2n) is 13.2. The number of hydrogen-bond donors (Lipinski definition) is 2. The average Bonchev–Trinajstić information content (AvgIpc) is 3.66. The Labute approximate surface area is 309 Å². The first-order valence-electron chi connectivity index (χ1n) is 17.5. The van der Waals surface area contributed by atoms with Gasteiger partial charge in [0.25, 0.3) is 0 Å². The summed E-state index contributed by atoms with van der Waals surface area (Å²) in [4.78, 5) is 0. The molecule has 8 nitrogen and oxygen atoms in total. The Kier molecular flexibility index (Phi) is 11.4. The molecule has 5 atom stereocenters. The van der Waals surface area contributed by atoms with Crippen molar-refractivity contribution in [1.29, 1.82) is 0 Å². The van der Waals surface area contributed by atoms with Gasteiger partial charge in [-0.1, -0.05) is 121 Å². The third-order valence-corrected chi connectivity index (χ3v) is 10.1. The average molecular weight is 723 g/mol. The lowest BCUT2D eigenvalue weighted by Crippen LogP contribution is -2.71. The normalized spacial score (nSPS) is 24.0. The maximum Gasteiger partial charge on any atom is 0.227 e. The van der Waals surface area contributed by atoms with Crippen molar-refractivity contribution in [2.45, 2.75) is 62.5 Å². The molecule has 2 N–H and O–H groups in total. The number of hydrogen-bond acceptors (Lipinski definition) is 8. The minimum atomic E-state index is -2.28. The van der Waals surface area contributed by atoms with Gasteiger partial charge in [-0.15, -0.1) is 0 Å². The summed E-state index contributed by atoms with van der Waals surface area (Å²) in [5.74, 6) is -3.16. The quantitative estimate of drug-likeness (QED) is 0.125. The fraction of sp³-hybridized carbons (Fsp3) is 0.302. The van der Waals surface area contributed by atoms with E-state index in [0.717, 1.165) is 45.6 Å². The molecule has 5 unspecified atom stereocenters. The predicted octanol–water partition coefficient (Wildman–Crippen LogP) is 7.13. The van der Waals surface area contributed by atoms with E-state index in [1.54, 1.807) is 12.1 Å². The van der Waals surface area contributed by atoms with Gasteiger partial charge in [0.1, 0.15) is 24.1 Å². The van der Waals surface area contributed by atoms with E-state index in [0.29, 0.717) is 23.6 Å². The number of ether oxygens (including phenoxy) is 6. The zero-order valence-electron chi connectivity index (χ0n) is 29.0. The summed E-state index contributed by atoms with van der Waals surface area (Å²) in [6, 6.07) is 40.7. The predicted molar refractivity (Wildman–Crippen MR) is 197 cm³/mol. The highest BCUT2D eigenvalue weighted by atomic mass is 35.5. The molecule has 52 heavy (non-hydrogen) atoms. The third-order valence-electron chi connectivity index (χ3n) is 9.70. The monoisotopic (exact) mass is 722 g/mol. The standard InChI is InChI=1S/C43H43ClO8/c1-47-43(36-18-19-37(44)35(25-36)24-33-17-20-38-34(23-33)21-22-48-38)41(51-28-32-15-9-4-10-16-32)39(49-26-30-11-5-2-6-12-30)40(42(46,29-45)52-43)50-27-31-13-7-3-8-14-31/h2-20,23,25,39-41,45-46H,21-22,24,26-29H2,1H3. The van der Waals surface area contributed by atoms with Gasteiger partial charge in [-0.05, 0) is 58.0 Å². The van der Waals surface area contributed by atoms with E-state index in [9.17, 15) is 10.2 Å². The van der Waals surface area contributed by atoms with Gasteiger partial charge in [-0.3, -0.25) is 0 Å². The Bertz CT molecular complexity index is 1910. The molecule has 2 heterocycles. The first kappa shape index (κ1) is 36.3. The lowest BCUT2D eigenvalue weighted by atomic mass is 9.84. The summed E-state index contributed by atoms with van der Waals surface area (Å²) in [5.41, 5.74) is 6.27. The number of halogens is 1. The molecule has 0 aromatic heterocycles. The second kappa shape index (κ2) is 16.3. The lowest BCUT2D eigenvalue weighted by Gasteiger charge is -2.54. The number of benzene rings is 5. The van der Waals surface area contributed by atoms with Gasteiger partial charge in [0.2, 0.25) is 11.6 Å². The Morgan fingerprint density at radius 3 is 1.90 bits per heavy atom. The summed E-state index contributed by atoms with van der Waals surface area (Å²) in [5, 5.41) is 23.8. The van der Waals surface area contributed by atoms with Crippen LogP contribution in [0.15, 0.2) is 127 Å². The van der Waals surface area contributed by atoms with Gasteiger partial charge < -0.3 is 38.6 Å². The Hall–Kier alpha value is -4.09. The van der Waals surface area contributed by atoms with Crippen molar-refractivity contribution in [1.82, 2.24) is 0 Å². The fourth-order valence-electron chi connectivity index (χ4n) is 7.02. The van der Waals surface area contributed by atoms with E-state index in [1.807, 2.05) is 109 Å². The number of rotatable bonds is 14. The summed E-state index contributed by atoms with van der Waals surface area (Å²) in [6.07, 6.45) is -1.84. The second-order valence-corrected chi connectivity index (χ2v) is 13.6. The molecule has 9 heteroatoms. The topological polar surface area (TPSA) is 95.8 Å². The molecular weight excluding hydrogens is 680 g/mol. The van der Waals surface area contributed by atoms with Gasteiger partial charge in [0, 0.05) is 24.1 Å². The Morgan fingerprint density at radius 2 is 1.31 bits per heavy atom. The molecule has 7 rings (SSSR count). The minimum Gasteiger partial charge on any atom is -0.493 e. The molecule has 2 aliphatic heterocycles. The van der Waals surface area contributed by atoms with E-state index in [1.165, 1.54) is 7.11 Å². The molecule has 0 amide bonds. The fourth-order valence-corrected chi connectivity index (χ4v) is 7.20. The van der Waals surface area contributed by atoms with E-state index in [2.05, 4.69) is 6.07 Å². The lowest BCUT2D eigenvalue weighted by molar-refractivity contribution is -0.457. The van der Waals surface area contributed by atoms with Crippen LogP contribution in [0.5, 0.6) is 5.75 Å². The van der Waals surface area contributed by atoms with Crippen LogP contribution >= 0.6 is 11.6 Å². The molecule has 5 aromatic rings. The van der Waals surface area contributed by atoms with Crippen LogP contribution in [0.4, 0.5) is 0 Å². The summed E-state index contributed by atoms with van der Waals surface area (Å²) in [6.45, 7) is 0.309. The first-order chi connectivity index (χ1) is 25.4. The van der Waals surface area contributed by atoms with E-state index in [-0.39, 0.29) is 19.8 Å². The van der Waals surface area contributed by atoms with Crippen molar-refractivity contribution in [3.05, 3.63) is 171 Å². The van der Waals surface area contributed by atoms with Crippen LogP contribution < -0.4 is 4.74 Å². The van der Waals surface area contributed by atoms with Crippen molar-refractivity contribution < 1.29 is 38.6 Å². The maximum absolute atomic E-state index is 12.3. The van der Waals surface area contributed by atoms with Crippen molar-refractivity contribution >= 4 is 11.6 Å². The van der Waals surface area contributed by atoms with Gasteiger partial charge in [0.15, 0.2) is 0 Å². The zero-order valence-corrected chi connectivity index (χ0v) is 29.8. The molecule has 5 aromatic carbocycles. The molecular formula is C43H43ClO8. The van der Waals surface area contributed by atoms with Crippen LogP contribution in [0.1, 0.15) is 38.9 Å². The highest BCUT2D eigenvalue weighted by Crippen LogP contribution is 2.47. The number of aliphatic hydroxyl groups is 2. The van der Waals surface area contributed by atoms with E-state index >= 15 is 0 Å². The highest BCUT2D eigenvalue weighted by Gasteiger charge is 2.64. The number of aliphatic hydroxyl groups excluding tert-OH is 1. The number of methoxy groups -OCH3 is 1. The Morgan fingerprint density at radius 1 is 0.712 bits per heavy atom. The third kappa shape index (κ3) is 7.81. The van der Waals surface area contributed by atoms with Gasteiger partial charge >= 0.3 is 0 Å². The van der Waals surface area contributed by atoms with Crippen LogP contribution in [0.2, 0.25) is 5.02 Å². The molecule has 0 bridgehead atoms. The molecule has 0 saturated carbocycles. The first-order valence-corrected chi connectivity index (χ1v) is 17.9. The molecule has 0 spiro atoms. The smallest absolute Gasteiger partial charge is 0.227 e. The van der Waals surface area contributed by atoms with E-state index < -0.39 is 36.5 Å². The molecule has 1 saturated heterocycles.